The Hall–Kier alpha value is -2.44. The Balaban J connectivity index is 2.79. The lowest BCUT2D eigenvalue weighted by atomic mass is 10.1. The van der Waals surface area contributed by atoms with Gasteiger partial charge in [-0.3, -0.25) is 19.7 Å². The van der Waals surface area contributed by atoms with Crippen molar-refractivity contribution in [2.45, 2.75) is 13.3 Å². The normalized spacial score (nSPS) is 11.6. The summed E-state index contributed by atoms with van der Waals surface area (Å²) in [5.41, 5.74) is -0.379. The highest BCUT2D eigenvalue weighted by atomic mass is 16.6. The second kappa shape index (κ2) is 6.48. The Morgan fingerprint density at radius 3 is 2.58 bits per heavy atom. The number of para-hydroxylation sites is 1. The topological polar surface area (TPSA) is 110 Å². The lowest BCUT2D eigenvalue weighted by molar-refractivity contribution is -0.385. The van der Waals surface area contributed by atoms with Crippen molar-refractivity contribution in [1.29, 1.82) is 0 Å². The lowest BCUT2D eigenvalue weighted by Gasteiger charge is -2.11. The molecule has 1 aromatic rings. The van der Waals surface area contributed by atoms with E-state index in [1.54, 1.807) is 6.92 Å². The van der Waals surface area contributed by atoms with Gasteiger partial charge in [-0.25, -0.2) is 0 Å². The number of nitro benzene ring substituents is 1. The van der Waals surface area contributed by atoms with Crippen LogP contribution in [0.2, 0.25) is 0 Å². The maximum atomic E-state index is 11.8. The number of carbonyl (C=O) groups excluding carboxylic acids is 1. The van der Waals surface area contributed by atoms with Crippen LogP contribution in [-0.4, -0.2) is 28.5 Å². The van der Waals surface area contributed by atoms with Crippen LogP contribution in [-0.2, 0) is 4.79 Å². The largest absolute Gasteiger partial charge is 0.481 e. The molecule has 1 amide bonds. The van der Waals surface area contributed by atoms with Gasteiger partial charge in [-0.1, -0.05) is 19.1 Å². The van der Waals surface area contributed by atoms with Crippen LogP contribution in [0.3, 0.4) is 0 Å². The van der Waals surface area contributed by atoms with E-state index in [2.05, 4.69) is 5.32 Å². The monoisotopic (exact) mass is 266 g/mol. The number of carboxylic acid groups (broad SMARTS) is 1. The van der Waals surface area contributed by atoms with Gasteiger partial charge >= 0.3 is 5.97 Å². The Bertz CT molecular complexity index is 501. The third-order valence-corrected chi connectivity index (χ3v) is 2.70. The number of nitrogens with zero attached hydrogens (tertiary/aromatic N) is 1. The van der Waals surface area contributed by atoms with Gasteiger partial charge in [0.15, 0.2) is 0 Å². The molecule has 19 heavy (non-hydrogen) atoms. The number of amides is 1. The molecule has 1 rings (SSSR count). The molecule has 0 aliphatic heterocycles. The van der Waals surface area contributed by atoms with Crippen molar-refractivity contribution >= 4 is 17.6 Å². The Morgan fingerprint density at radius 1 is 1.42 bits per heavy atom. The summed E-state index contributed by atoms with van der Waals surface area (Å²) in [5.74, 6) is -2.36. The van der Waals surface area contributed by atoms with Crippen LogP contribution in [0.5, 0.6) is 0 Å². The average molecular weight is 266 g/mol. The van der Waals surface area contributed by atoms with Crippen molar-refractivity contribution in [2.24, 2.45) is 5.92 Å². The first kappa shape index (κ1) is 14.6. The number of aliphatic carboxylic acids is 1. The van der Waals surface area contributed by atoms with Gasteiger partial charge < -0.3 is 10.4 Å². The van der Waals surface area contributed by atoms with Crippen molar-refractivity contribution in [3.8, 4) is 0 Å². The Morgan fingerprint density at radius 2 is 2.05 bits per heavy atom. The standard InChI is InChI=1S/C12H14N2O5/c1-2-8(12(16)17)7-13-11(15)9-5-3-4-6-10(9)14(18)19/h3-6,8H,2,7H2,1H3,(H,13,15)(H,16,17). The zero-order valence-electron chi connectivity index (χ0n) is 10.3. The molecule has 0 saturated heterocycles. The van der Waals surface area contributed by atoms with E-state index in [4.69, 9.17) is 5.11 Å². The molecule has 0 spiro atoms. The van der Waals surface area contributed by atoms with E-state index in [-0.39, 0.29) is 17.8 Å². The van der Waals surface area contributed by atoms with E-state index >= 15 is 0 Å². The molecule has 7 heteroatoms. The van der Waals surface area contributed by atoms with Gasteiger partial charge in [-0.2, -0.15) is 0 Å². The summed E-state index contributed by atoms with van der Waals surface area (Å²) in [7, 11) is 0. The van der Waals surface area contributed by atoms with Gasteiger partial charge in [0, 0.05) is 12.6 Å². The molecule has 0 heterocycles. The third-order valence-electron chi connectivity index (χ3n) is 2.70. The molecule has 1 unspecified atom stereocenters. The molecule has 0 aromatic heterocycles. The number of hydrogen-bond acceptors (Lipinski definition) is 4. The minimum Gasteiger partial charge on any atom is -0.481 e. The second-order valence-electron chi connectivity index (χ2n) is 3.93. The van der Waals surface area contributed by atoms with Crippen LogP contribution in [0.4, 0.5) is 5.69 Å². The van der Waals surface area contributed by atoms with Crippen LogP contribution in [0.1, 0.15) is 23.7 Å². The quantitative estimate of drug-likeness (QED) is 0.598. The third kappa shape index (κ3) is 3.77. The van der Waals surface area contributed by atoms with E-state index < -0.39 is 22.7 Å². The smallest absolute Gasteiger partial charge is 0.308 e. The predicted molar refractivity (Wildman–Crippen MR) is 66.8 cm³/mol. The average Bonchev–Trinajstić information content (AvgIpc) is 2.38. The summed E-state index contributed by atoms with van der Waals surface area (Å²) in [5, 5.41) is 22.0. The van der Waals surface area contributed by atoms with Crippen LogP contribution < -0.4 is 5.32 Å². The van der Waals surface area contributed by atoms with Gasteiger partial charge in [-0.05, 0) is 12.5 Å². The number of carboxylic acids is 1. The number of rotatable bonds is 6. The van der Waals surface area contributed by atoms with Crippen molar-refractivity contribution < 1.29 is 19.6 Å². The molecule has 7 nitrogen and oxygen atoms in total. The Labute approximate surface area is 109 Å². The molecule has 1 aromatic carbocycles. The van der Waals surface area contributed by atoms with Crippen LogP contribution in [0.15, 0.2) is 24.3 Å². The number of benzene rings is 1. The zero-order chi connectivity index (χ0) is 14.4. The molecular weight excluding hydrogens is 252 g/mol. The summed E-state index contributed by atoms with van der Waals surface area (Å²) in [6.07, 6.45) is 0.368. The summed E-state index contributed by atoms with van der Waals surface area (Å²) < 4.78 is 0. The number of nitrogens with one attached hydrogen (secondary N) is 1. The molecular formula is C12H14N2O5. The lowest BCUT2D eigenvalue weighted by Crippen LogP contribution is -2.32. The SMILES string of the molecule is CCC(CNC(=O)c1ccccc1[N+](=O)[O-])C(=O)O. The molecule has 0 fully saturated rings. The van der Waals surface area contributed by atoms with E-state index in [1.165, 1.54) is 24.3 Å². The molecule has 0 aliphatic carbocycles. The molecule has 102 valence electrons. The van der Waals surface area contributed by atoms with Gasteiger partial charge in [0.05, 0.1) is 10.8 Å². The maximum absolute atomic E-state index is 11.8. The summed E-state index contributed by atoms with van der Waals surface area (Å²) in [4.78, 5) is 32.7. The van der Waals surface area contributed by atoms with Crippen LogP contribution in [0.25, 0.3) is 0 Å². The van der Waals surface area contributed by atoms with Gasteiger partial charge in [0.1, 0.15) is 5.56 Å². The van der Waals surface area contributed by atoms with Gasteiger partial charge in [-0.15, -0.1) is 0 Å². The van der Waals surface area contributed by atoms with Crippen LogP contribution in [0, 0.1) is 16.0 Å². The van der Waals surface area contributed by atoms with Crippen molar-refractivity contribution in [3.63, 3.8) is 0 Å². The molecule has 0 saturated carbocycles. The molecule has 1 atom stereocenters. The fourth-order valence-corrected chi connectivity index (χ4v) is 1.54. The number of carbonyl (C=O) groups is 2. The molecule has 0 radical (unpaired) electrons. The first-order chi connectivity index (χ1) is 8.97. The fraction of sp³-hybridized carbons (Fsp3) is 0.333. The first-order valence-electron chi connectivity index (χ1n) is 5.71. The van der Waals surface area contributed by atoms with E-state index in [0.29, 0.717) is 6.42 Å². The van der Waals surface area contributed by atoms with E-state index in [1.807, 2.05) is 0 Å². The first-order valence-corrected chi connectivity index (χ1v) is 5.71. The number of hydrogen-bond donors (Lipinski definition) is 2. The van der Waals surface area contributed by atoms with Crippen molar-refractivity contribution in [2.75, 3.05) is 6.54 Å². The fourth-order valence-electron chi connectivity index (χ4n) is 1.54. The highest BCUT2D eigenvalue weighted by molar-refractivity contribution is 5.98. The molecule has 0 bridgehead atoms. The Kier molecular flexibility index (Phi) is 4.99. The highest BCUT2D eigenvalue weighted by Crippen LogP contribution is 2.17. The highest BCUT2D eigenvalue weighted by Gasteiger charge is 2.21. The maximum Gasteiger partial charge on any atom is 0.308 e. The minimum atomic E-state index is -1.01. The summed E-state index contributed by atoms with van der Waals surface area (Å²) in [6, 6.07) is 5.52. The van der Waals surface area contributed by atoms with Gasteiger partial charge in [0.2, 0.25) is 0 Å². The summed E-state index contributed by atoms with van der Waals surface area (Å²) >= 11 is 0. The zero-order valence-corrected chi connectivity index (χ0v) is 10.3. The number of nitro groups is 1. The second-order valence-corrected chi connectivity index (χ2v) is 3.93. The molecule has 2 N–H and O–H groups in total. The van der Waals surface area contributed by atoms with E-state index in [9.17, 15) is 19.7 Å². The van der Waals surface area contributed by atoms with Crippen molar-refractivity contribution in [1.82, 2.24) is 5.32 Å². The van der Waals surface area contributed by atoms with Crippen molar-refractivity contribution in [3.05, 3.63) is 39.9 Å². The minimum absolute atomic E-state index is 0.0588. The summed E-state index contributed by atoms with van der Waals surface area (Å²) in [6.45, 7) is 1.63. The van der Waals surface area contributed by atoms with Crippen LogP contribution >= 0.6 is 0 Å². The van der Waals surface area contributed by atoms with E-state index in [0.717, 1.165) is 0 Å². The molecule has 0 aliphatic rings. The van der Waals surface area contributed by atoms with Gasteiger partial charge in [0.25, 0.3) is 11.6 Å². The predicted octanol–water partition coefficient (Wildman–Crippen LogP) is 1.44.